The van der Waals surface area contributed by atoms with E-state index in [1.165, 1.54) is 36.2 Å². The summed E-state index contributed by atoms with van der Waals surface area (Å²) in [7, 11) is 0. The molecule has 2 nitrogen and oxygen atoms in total. The van der Waals surface area contributed by atoms with E-state index in [9.17, 15) is 0 Å². The number of pyridine rings is 1. The second kappa shape index (κ2) is 3.06. The molecule has 1 heterocycles. The highest BCUT2D eigenvalue weighted by Crippen LogP contribution is 2.36. The quantitative estimate of drug-likeness (QED) is 0.729. The van der Waals surface area contributed by atoms with Crippen LogP contribution >= 0.6 is 0 Å². The Morgan fingerprint density at radius 1 is 1.21 bits per heavy atom. The van der Waals surface area contributed by atoms with E-state index in [-0.39, 0.29) is 0 Å². The zero-order chi connectivity index (χ0) is 9.54. The predicted molar refractivity (Wildman–Crippen MR) is 56.2 cm³/mol. The Labute approximate surface area is 84.5 Å². The smallest absolute Gasteiger partial charge is 0.0455 e. The van der Waals surface area contributed by atoms with Gasteiger partial charge in [-0.3, -0.25) is 4.98 Å². The molecule has 0 amide bonds. The first kappa shape index (κ1) is 8.42. The summed E-state index contributed by atoms with van der Waals surface area (Å²) in [5.41, 5.74) is 9.87. The number of nitrogens with zero attached hydrogens (tertiary/aromatic N) is 1. The molecule has 3 rings (SSSR count). The van der Waals surface area contributed by atoms with Crippen LogP contribution in [0.4, 0.5) is 0 Å². The molecule has 2 heteroatoms. The summed E-state index contributed by atoms with van der Waals surface area (Å²) in [6.07, 6.45) is 6.04. The minimum atomic E-state index is 0.314. The molecule has 0 aromatic carbocycles. The molecule has 2 aliphatic rings. The third-order valence-electron chi connectivity index (χ3n) is 3.55. The van der Waals surface area contributed by atoms with Crippen LogP contribution in [0.15, 0.2) is 12.1 Å². The Morgan fingerprint density at radius 2 is 2.07 bits per heavy atom. The Bertz CT molecular complexity index is 355. The summed E-state index contributed by atoms with van der Waals surface area (Å²) >= 11 is 0. The van der Waals surface area contributed by atoms with Crippen LogP contribution < -0.4 is 5.73 Å². The highest BCUT2D eigenvalue weighted by molar-refractivity contribution is 5.30. The standard InChI is InChI=1S/C12H16N2/c13-10-6-9-4-5-11(8-2-1-3-8)14-12(9)7-10/h4-5,8,10H,1-3,6-7,13H2. The second-order valence-corrected chi connectivity index (χ2v) is 4.64. The van der Waals surface area contributed by atoms with Crippen LogP contribution in [0.5, 0.6) is 0 Å². The Morgan fingerprint density at radius 3 is 2.79 bits per heavy atom. The molecule has 1 aromatic heterocycles. The van der Waals surface area contributed by atoms with Gasteiger partial charge in [0, 0.05) is 29.8 Å². The van der Waals surface area contributed by atoms with Crippen LogP contribution in [0.25, 0.3) is 0 Å². The van der Waals surface area contributed by atoms with Crippen LogP contribution in [0.2, 0.25) is 0 Å². The molecule has 1 unspecified atom stereocenters. The number of nitrogens with two attached hydrogens (primary N) is 1. The normalized spacial score (nSPS) is 25.9. The lowest BCUT2D eigenvalue weighted by Crippen LogP contribution is -2.19. The fourth-order valence-corrected chi connectivity index (χ4v) is 2.44. The first-order valence-electron chi connectivity index (χ1n) is 5.57. The number of hydrogen-bond acceptors (Lipinski definition) is 2. The van der Waals surface area contributed by atoms with E-state index in [1.807, 2.05) is 0 Å². The van der Waals surface area contributed by atoms with Crippen LogP contribution in [0.1, 0.15) is 42.1 Å². The average molecular weight is 188 g/mol. The summed E-state index contributed by atoms with van der Waals surface area (Å²) < 4.78 is 0. The van der Waals surface area contributed by atoms with E-state index in [2.05, 4.69) is 12.1 Å². The maximum absolute atomic E-state index is 5.92. The molecule has 0 bridgehead atoms. The fraction of sp³-hybridized carbons (Fsp3) is 0.583. The summed E-state index contributed by atoms with van der Waals surface area (Å²) in [4.78, 5) is 4.75. The van der Waals surface area contributed by atoms with E-state index in [1.54, 1.807) is 0 Å². The maximum Gasteiger partial charge on any atom is 0.0455 e. The number of aromatic nitrogens is 1. The average Bonchev–Trinajstić information content (AvgIpc) is 2.40. The van der Waals surface area contributed by atoms with Gasteiger partial charge in [0.2, 0.25) is 0 Å². The lowest BCUT2D eigenvalue weighted by Gasteiger charge is -2.25. The molecule has 2 aliphatic carbocycles. The molecule has 1 saturated carbocycles. The van der Waals surface area contributed by atoms with Crippen molar-refractivity contribution >= 4 is 0 Å². The topological polar surface area (TPSA) is 38.9 Å². The largest absolute Gasteiger partial charge is 0.327 e. The van der Waals surface area contributed by atoms with Gasteiger partial charge in [0.25, 0.3) is 0 Å². The second-order valence-electron chi connectivity index (χ2n) is 4.64. The number of fused-ring (bicyclic) bond motifs is 1. The van der Waals surface area contributed by atoms with Gasteiger partial charge in [0.15, 0.2) is 0 Å². The van der Waals surface area contributed by atoms with Gasteiger partial charge in [-0.15, -0.1) is 0 Å². The van der Waals surface area contributed by atoms with E-state index in [0.717, 1.165) is 18.8 Å². The molecule has 2 N–H and O–H groups in total. The molecule has 1 atom stereocenters. The number of rotatable bonds is 1. The fourth-order valence-electron chi connectivity index (χ4n) is 2.44. The van der Waals surface area contributed by atoms with Crippen molar-refractivity contribution in [1.82, 2.24) is 4.98 Å². The first-order chi connectivity index (χ1) is 6.83. The molecule has 0 aliphatic heterocycles. The maximum atomic E-state index is 5.92. The summed E-state index contributed by atoms with van der Waals surface area (Å²) in [6.45, 7) is 0. The third-order valence-corrected chi connectivity index (χ3v) is 3.55. The van der Waals surface area contributed by atoms with Crippen molar-refractivity contribution in [3.8, 4) is 0 Å². The lowest BCUT2D eigenvalue weighted by atomic mass is 9.82. The summed E-state index contributed by atoms with van der Waals surface area (Å²) in [5.74, 6) is 0.747. The van der Waals surface area contributed by atoms with Gasteiger partial charge in [0.1, 0.15) is 0 Å². The van der Waals surface area contributed by atoms with Gasteiger partial charge in [-0.1, -0.05) is 12.5 Å². The highest BCUT2D eigenvalue weighted by Gasteiger charge is 2.24. The molecular formula is C12H16N2. The van der Waals surface area contributed by atoms with Gasteiger partial charge >= 0.3 is 0 Å². The summed E-state index contributed by atoms with van der Waals surface area (Å²) in [6, 6.07) is 4.76. The van der Waals surface area contributed by atoms with E-state index < -0.39 is 0 Å². The molecule has 1 fully saturated rings. The Hall–Kier alpha value is -0.890. The van der Waals surface area contributed by atoms with Gasteiger partial charge < -0.3 is 5.73 Å². The number of hydrogen-bond donors (Lipinski definition) is 1. The predicted octanol–water partition coefficient (Wildman–Crippen LogP) is 1.78. The third kappa shape index (κ3) is 1.25. The van der Waals surface area contributed by atoms with Gasteiger partial charge in [0.05, 0.1) is 0 Å². The minimum Gasteiger partial charge on any atom is -0.327 e. The zero-order valence-corrected chi connectivity index (χ0v) is 8.37. The van der Waals surface area contributed by atoms with E-state index in [0.29, 0.717) is 6.04 Å². The van der Waals surface area contributed by atoms with Gasteiger partial charge in [-0.2, -0.15) is 0 Å². The molecular weight excluding hydrogens is 172 g/mol. The van der Waals surface area contributed by atoms with Crippen molar-refractivity contribution < 1.29 is 0 Å². The van der Waals surface area contributed by atoms with Crippen molar-refractivity contribution in [2.75, 3.05) is 0 Å². The molecule has 0 spiro atoms. The van der Waals surface area contributed by atoms with E-state index >= 15 is 0 Å². The van der Waals surface area contributed by atoms with Crippen LogP contribution in [0, 0.1) is 0 Å². The van der Waals surface area contributed by atoms with Crippen molar-refractivity contribution in [3.63, 3.8) is 0 Å². The molecule has 14 heavy (non-hydrogen) atoms. The van der Waals surface area contributed by atoms with Crippen LogP contribution in [-0.2, 0) is 12.8 Å². The molecule has 0 radical (unpaired) electrons. The summed E-state index contributed by atoms with van der Waals surface area (Å²) in [5, 5.41) is 0. The molecule has 0 saturated heterocycles. The van der Waals surface area contributed by atoms with Gasteiger partial charge in [-0.05, 0) is 30.9 Å². The SMILES string of the molecule is NC1Cc2ccc(C3CCC3)nc2C1. The minimum absolute atomic E-state index is 0.314. The molecule has 74 valence electrons. The van der Waals surface area contributed by atoms with Crippen LogP contribution in [-0.4, -0.2) is 11.0 Å². The van der Waals surface area contributed by atoms with E-state index in [4.69, 9.17) is 10.7 Å². The Kier molecular flexibility index (Phi) is 1.84. The van der Waals surface area contributed by atoms with Crippen molar-refractivity contribution in [2.24, 2.45) is 5.73 Å². The first-order valence-corrected chi connectivity index (χ1v) is 5.57. The zero-order valence-electron chi connectivity index (χ0n) is 8.37. The lowest BCUT2D eigenvalue weighted by molar-refractivity contribution is 0.410. The monoisotopic (exact) mass is 188 g/mol. The highest BCUT2D eigenvalue weighted by atomic mass is 14.8. The molecule has 1 aromatic rings. The Balaban J connectivity index is 1.91. The van der Waals surface area contributed by atoms with Crippen molar-refractivity contribution in [1.29, 1.82) is 0 Å². The van der Waals surface area contributed by atoms with Crippen LogP contribution in [0.3, 0.4) is 0 Å². The van der Waals surface area contributed by atoms with Crippen molar-refractivity contribution in [3.05, 3.63) is 29.1 Å². The van der Waals surface area contributed by atoms with Gasteiger partial charge in [-0.25, -0.2) is 0 Å². The van der Waals surface area contributed by atoms with Crippen molar-refractivity contribution in [2.45, 2.75) is 44.1 Å².